The first-order valence-corrected chi connectivity index (χ1v) is 9.41. The minimum atomic E-state index is -0.509. The lowest BCUT2D eigenvalue weighted by Crippen LogP contribution is -2.40. The number of aryl methyl sites for hydroxylation is 1. The highest BCUT2D eigenvalue weighted by Crippen LogP contribution is 2.20. The second-order valence-electron chi connectivity index (χ2n) is 6.71. The topological polar surface area (TPSA) is 79.0 Å². The van der Waals surface area contributed by atoms with Crippen LogP contribution < -0.4 is 16.0 Å². The second-order valence-corrected chi connectivity index (χ2v) is 6.71. The molecule has 0 aliphatic carbocycles. The molecule has 0 amide bonds. The summed E-state index contributed by atoms with van der Waals surface area (Å²) in [6.45, 7) is 2.08. The van der Waals surface area contributed by atoms with Gasteiger partial charge in [0, 0.05) is 18.3 Å². The molecule has 7 nitrogen and oxygen atoms in total. The van der Waals surface area contributed by atoms with Crippen molar-refractivity contribution in [3.63, 3.8) is 0 Å². The summed E-state index contributed by atoms with van der Waals surface area (Å²) in [6, 6.07) is 13.0. The van der Waals surface area contributed by atoms with E-state index in [2.05, 4.69) is 9.97 Å². The van der Waals surface area contributed by atoms with Gasteiger partial charge in [-0.1, -0.05) is 12.1 Å². The van der Waals surface area contributed by atoms with Crippen LogP contribution in [0.15, 0.2) is 64.3 Å². The Morgan fingerprint density at radius 1 is 1.07 bits per heavy atom. The normalized spacial score (nSPS) is 11.0. The van der Waals surface area contributed by atoms with Gasteiger partial charge in [0.15, 0.2) is 11.5 Å². The van der Waals surface area contributed by atoms with E-state index in [-0.39, 0.29) is 17.6 Å². The molecule has 0 fully saturated rings. The molecule has 2 aromatic heterocycles. The number of benzene rings is 2. The molecular formula is C22H19FN4O3. The van der Waals surface area contributed by atoms with Crippen molar-refractivity contribution in [1.82, 2.24) is 19.1 Å². The van der Waals surface area contributed by atoms with Crippen LogP contribution in [0.4, 0.5) is 4.39 Å². The van der Waals surface area contributed by atoms with Gasteiger partial charge in [-0.3, -0.25) is 13.9 Å². The lowest BCUT2D eigenvalue weighted by atomic mass is 10.2. The largest absolute Gasteiger partial charge is 0.497 e. The number of hydrogen-bond donors (Lipinski definition) is 0. The van der Waals surface area contributed by atoms with Crippen molar-refractivity contribution in [3.8, 4) is 17.1 Å². The maximum atomic E-state index is 13.5. The summed E-state index contributed by atoms with van der Waals surface area (Å²) in [7, 11) is 1.58. The van der Waals surface area contributed by atoms with Crippen molar-refractivity contribution in [2.45, 2.75) is 20.0 Å². The summed E-state index contributed by atoms with van der Waals surface area (Å²) < 4.78 is 21.2. The van der Waals surface area contributed by atoms with Crippen LogP contribution in [0.5, 0.6) is 5.75 Å². The predicted octanol–water partition coefficient (Wildman–Crippen LogP) is 2.84. The highest BCUT2D eigenvalue weighted by molar-refractivity contribution is 5.75. The molecule has 2 heterocycles. The van der Waals surface area contributed by atoms with Gasteiger partial charge in [-0.05, 0) is 48.9 Å². The van der Waals surface area contributed by atoms with Crippen LogP contribution in [0.3, 0.4) is 0 Å². The molecule has 0 aliphatic heterocycles. The number of methoxy groups -OCH3 is 1. The molecule has 0 aliphatic rings. The van der Waals surface area contributed by atoms with Crippen molar-refractivity contribution < 1.29 is 9.13 Å². The number of fused-ring (bicyclic) bond motifs is 1. The number of nitrogens with zero attached hydrogens (tertiary/aromatic N) is 4. The third kappa shape index (κ3) is 3.47. The van der Waals surface area contributed by atoms with Gasteiger partial charge in [-0.25, -0.2) is 19.2 Å². The molecule has 8 heteroatoms. The fourth-order valence-electron chi connectivity index (χ4n) is 3.32. The Balaban J connectivity index is 1.87. The molecule has 0 radical (unpaired) electrons. The first-order valence-electron chi connectivity index (χ1n) is 9.41. The Hall–Kier alpha value is -3.81. The minimum Gasteiger partial charge on any atom is -0.497 e. The highest BCUT2D eigenvalue weighted by Gasteiger charge is 2.16. The molecular weight excluding hydrogens is 387 g/mol. The Kier molecular flexibility index (Phi) is 5.14. The molecule has 30 heavy (non-hydrogen) atoms. The van der Waals surface area contributed by atoms with Gasteiger partial charge in [-0.2, -0.15) is 0 Å². The SMILES string of the molecule is CCn1c(=O)n(Cc2cccc(F)c2)c(=O)c2cnc(-c3ccc(OC)cc3)nc21. The van der Waals surface area contributed by atoms with Crippen LogP contribution in [0.25, 0.3) is 22.4 Å². The smallest absolute Gasteiger partial charge is 0.332 e. The molecule has 152 valence electrons. The van der Waals surface area contributed by atoms with Crippen molar-refractivity contribution in [1.29, 1.82) is 0 Å². The molecule has 0 saturated carbocycles. The molecule has 4 rings (SSSR count). The highest BCUT2D eigenvalue weighted by atomic mass is 19.1. The quantitative estimate of drug-likeness (QED) is 0.509. The number of rotatable bonds is 5. The summed E-state index contributed by atoms with van der Waals surface area (Å²) in [6.07, 6.45) is 1.43. The van der Waals surface area contributed by atoms with E-state index in [4.69, 9.17) is 4.74 Å². The van der Waals surface area contributed by atoms with Gasteiger partial charge < -0.3 is 4.74 Å². The van der Waals surface area contributed by atoms with Crippen molar-refractivity contribution in [2.75, 3.05) is 7.11 Å². The summed E-state index contributed by atoms with van der Waals surface area (Å²) in [5.41, 5.74) is 0.511. The minimum absolute atomic E-state index is 0.0361. The van der Waals surface area contributed by atoms with Crippen LogP contribution in [-0.4, -0.2) is 26.2 Å². The molecule has 0 bridgehead atoms. The zero-order valence-electron chi connectivity index (χ0n) is 16.5. The number of halogens is 1. The van der Waals surface area contributed by atoms with Crippen molar-refractivity contribution in [2.24, 2.45) is 0 Å². The summed E-state index contributed by atoms with van der Waals surface area (Å²) in [4.78, 5) is 34.8. The summed E-state index contributed by atoms with van der Waals surface area (Å²) >= 11 is 0. The van der Waals surface area contributed by atoms with E-state index >= 15 is 0 Å². The average Bonchev–Trinajstić information content (AvgIpc) is 2.77. The van der Waals surface area contributed by atoms with E-state index in [1.807, 2.05) is 0 Å². The Labute approximate surface area is 171 Å². The summed E-state index contributed by atoms with van der Waals surface area (Å²) in [5.74, 6) is 0.670. The van der Waals surface area contributed by atoms with Gasteiger partial charge in [0.05, 0.1) is 13.7 Å². The standard InChI is InChI=1S/C22H19FN4O3/c1-3-26-20-18(12-24-19(25-20)15-7-9-17(30-2)10-8-15)21(28)27(22(26)29)13-14-5-4-6-16(23)11-14/h4-12H,3,13H2,1-2H3. The van der Waals surface area contributed by atoms with Crippen molar-refractivity contribution >= 4 is 11.0 Å². The fraction of sp³-hybridized carbons (Fsp3) is 0.182. The van der Waals surface area contributed by atoms with E-state index in [0.29, 0.717) is 23.7 Å². The van der Waals surface area contributed by atoms with Crippen LogP contribution in [-0.2, 0) is 13.1 Å². The summed E-state index contributed by atoms with van der Waals surface area (Å²) in [5, 5.41) is 0.227. The zero-order valence-corrected chi connectivity index (χ0v) is 16.5. The fourth-order valence-corrected chi connectivity index (χ4v) is 3.32. The lowest BCUT2D eigenvalue weighted by molar-refractivity contribution is 0.415. The third-order valence-corrected chi connectivity index (χ3v) is 4.86. The maximum Gasteiger partial charge on any atom is 0.332 e. The van der Waals surface area contributed by atoms with E-state index in [1.54, 1.807) is 50.4 Å². The Bertz CT molecular complexity index is 1340. The molecule has 4 aromatic rings. The molecule has 0 saturated heterocycles. The molecule has 0 N–H and O–H groups in total. The lowest BCUT2D eigenvalue weighted by Gasteiger charge is -2.13. The number of ether oxygens (including phenoxy) is 1. The van der Waals surface area contributed by atoms with Gasteiger partial charge in [-0.15, -0.1) is 0 Å². The number of hydrogen-bond acceptors (Lipinski definition) is 5. The maximum absolute atomic E-state index is 13.5. The van der Waals surface area contributed by atoms with E-state index in [1.165, 1.54) is 22.9 Å². The predicted molar refractivity (Wildman–Crippen MR) is 111 cm³/mol. The third-order valence-electron chi connectivity index (χ3n) is 4.86. The molecule has 0 unspecified atom stereocenters. The molecule has 0 atom stereocenters. The van der Waals surface area contributed by atoms with E-state index < -0.39 is 17.1 Å². The average molecular weight is 406 g/mol. The second kappa shape index (κ2) is 7.90. The van der Waals surface area contributed by atoms with Crippen molar-refractivity contribution in [3.05, 3.63) is 86.9 Å². The van der Waals surface area contributed by atoms with E-state index in [0.717, 1.165) is 10.1 Å². The van der Waals surface area contributed by atoms with Crippen LogP contribution >= 0.6 is 0 Å². The first-order chi connectivity index (χ1) is 14.5. The Morgan fingerprint density at radius 2 is 1.83 bits per heavy atom. The monoisotopic (exact) mass is 406 g/mol. The van der Waals surface area contributed by atoms with E-state index in [9.17, 15) is 14.0 Å². The van der Waals surface area contributed by atoms with Crippen LogP contribution in [0, 0.1) is 5.82 Å². The molecule has 2 aromatic carbocycles. The first kappa shape index (κ1) is 19.5. The molecule has 0 spiro atoms. The van der Waals surface area contributed by atoms with Crippen LogP contribution in [0.2, 0.25) is 0 Å². The van der Waals surface area contributed by atoms with Crippen LogP contribution in [0.1, 0.15) is 12.5 Å². The van der Waals surface area contributed by atoms with Gasteiger partial charge in [0.1, 0.15) is 17.0 Å². The Morgan fingerprint density at radius 3 is 2.50 bits per heavy atom. The number of aromatic nitrogens is 4. The van der Waals surface area contributed by atoms with Gasteiger partial charge in [0.25, 0.3) is 5.56 Å². The zero-order chi connectivity index (χ0) is 21.3. The van der Waals surface area contributed by atoms with Gasteiger partial charge in [0.2, 0.25) is 0 Å². The van der Waals surface area contributed by atoms with Gasteiger partial charge >= 0.3 is 5.69 Å².